The molecule has 1 aromatic heterocycles. The van der Waals surface area contributed by atoms with Crippen molar-refractivity contribution < 1.29 is 0 Å². The van der Waals surface area contributed by atoms with Crippen molar-refractivity contribution in [2.24, 2.45) is 0 Å². The fourth-order valence-electron chi connectivity index (χ4n) is 4.03. The Morgan fingerprint density at radius 1 is 0.857 bits per heavy atom. The molecule has 1 aliphatic heterocycles. The Hall–Kier alpha value is -3.04. The maximum absolute atomic E-state index is 6.25. The summed E-state index contributed by atoms with van der Waals surface area (Å²) in [7, 11) is 0. The summed E-state index contributed by atoms with van der Waals surface area (Å²) in [6.45, 7) is 0.928. The number of hydrogen-bond donors (Lipinski definition) is 1. The molecule has 0 atom stereocenters. The van der Waals surface area contributed by atoms with Gasteiger partial charge in [0.25, 0.3) is 0 Å². The first-order chi connectivity index (χ1) is 13.8. The van der Waals surface area contributed by atoms with Crippen LogP contribution in [0.25, 0.3) is 5.69 Å². The first-order valence-corrected chi connectivity index (χ1v) is 9.90. The molecule has 3 nitrogen and oxygen atoms in total. The van der Waals surface area contributed by atoms with Crippen molar-refractivity contribution >= 4 is 17.4 Å². The number of aromatic nitrogens is 2. The molecule has 0 unspecified atom stereocenters. The largest absolute Gasteiger partial charge is 0.369 e. The summed E-state index contributed by atoms with van der Waals surface area (Å²) in [4.78, 5) is 0. The predicted molar refractivity (Wildman–Crippen MR) is 115 cm³/mol. The topological polar surface area (TPSA) is 29.9 Å². The van der Waals surface area contributed by atoms with Gasteiger partial charge in [-0.1, -0.05) is 78.3 Å². The van der Waals surface area contributed by atoms with Crippen LogP contribution in [0.1, 0.15) is 28.3 Å². The van der Waals surface area contributed by atoms with Gasteiger partial charge in [0, 0.05) is 17.1 Å². The van der Waals surface area contributed by atoms with Crippen LogP contribution in [0.3, 0.4) is 0 Å². The zero-order valence-corrected chi connectivity index (χ0v) is 16.1. The second-order valence-electron chi connectivity index (χ2n) is 7.04. The second kappa shape index (κ2) is 7.17. The maximum Gasteiger partial charge on any atom is 0.133 e. The first kappa shape index (κ1) is 17.1. The molecular weight excluding hydrogens is 366 g/mol. The van der Waals surface area contributed by atoms with Crippen molar-refractivity contribution in [3.05, 3.63) is 112 Å². The molecule has 0 amide bonds. The molecule has 0 aliphatic carbocycles. The third-order valence-electron chi connectivity index (χ3n) is 5.27. The van der Waals surface area contributed by atoms with E-state index in [1.807, 2.05) is 28.9 Å². The molecule has 0 saturated carbocycles. The number of rotatable bonds is 4. The molecule has 0 fully saturated rings. The van der Waals surface area contributed by atoms with Crippen molar-refractivity contribution in [1.29, 1.82) is 0 Å². The molecule has 5 rings (SSSR count). The van der Waals surface area contributed by atoms with Crippen molar-refractivity contribution in [3.63, 3.8) is 0 Å². The number of nitrogens with zero attached hydrogens (tertiary/aromatic N) is 2. The van der Waals surface area contributed by atoms with Crippen molar-refractivity contribution in [1.82, 2.24) is 9.78 Å². The third-order valence-corrected chi connectivity index (χ3v) is 5.51. The van der Waals surface area contributed by atoms with Gasteiger partial charge in [0.1, 0.15) is 5.82 Å². The summed E-state index contributed by atoms with van der Waals surface area (Å²) in [5, 5.41) is 9.33. The minimum absolute atomic E-state index is 0.0940. The number of anilines is 1. The highest BCUT2D eigenvalue weighted by Crippen LogP contribution is 2.39. The Bertz CT molecular complexity index is 1060. The van der Waals surface area contributed by atoms with E-state index < -0.39 is 0 Å². The van der Waals surface area contributed by atoms with Crippen LogP contribution < -0.4 is 5.32 Å². The third kappa shape index (κ3) is 2.98. The molecule has 4 aromatic rings. The summed E-state index contributed by atoms with van der Waals surface area (Å²) < 4.78 is 2.00. The zero-order chi connectivity index (χ0) is 18.9. The lowest BCUT2D eigenvalue weighted by atomic mass is 9.86. The van der Waals surface area contributed by atoms with Gasteiger partial charge in [-0.2, -0.15) is 5.10 Å². The van der Waals surface area contributed by atoms with Gasteiger partial charge in [-0.05, 0) is 35.7 Å². The number of fused-ring (bicyclic) bond motifs is 1. The van der Waals surface area contributed by atoms with Gasteiger partial charge in [-0.15, -0.1) is 0 Å². The normalized spacial score (nSPS) is 12.8. The highest BCUT2D eigenvalue weighted by Gasteiger charge is 2.29. The van der Waals surface area contributed by atoms with Gasteiger partial charge in [0.2, 0.25) is 0 Å². The summed E-state index contributed by atoms with van der Waals surface area (Å²) in [5.41, 5.74) is 5.87. The van der Waals surface area contributed by atoms with E-state index in [4.69, 9.17) is 16.7 Å². The molecular formula is C24H20ClN3. The molecule has 4 heteroatoms. The number of halogens is 1. The Morgan fingerprint density at radius 3 is 2.18 bits per heavy atom. The van der Waals surface area contributed by atoms with Crippen molar-refractivity contribution in [3.8, 4) is 5.69 Å². The van der Waals surface area contributed by atoms with E-state index >= 15 is 0 Å². The second-order valence-corrected chi connectivity index (χ2v) is 7.47. The molecule has 1 aliphatic rings. The quantitative estimate of drug-likeness (QED) is 0.490. The van der Waals surface area contributed by atoms with Crippen LogP contribution >= 0.6 is 11.6 Å². The average molecular weight is 386 g/mol. The van der Waals surface area contributed by atoms with Crippen LogP contribution in [0, 0.1) is 0 Å². The SMILES string of the molecule is Clc1cccc(-n2nc(C(c3ccccc3)c3ccccc3)c3c2NCC3)c1. The fraction of sp³-hybridized carbons (Fsp3) is 0.125. The van der Waals surface area contributed by atoms with Gasteiger partial charge >= 0.3 is 0 Å². The molecule has 0 spiro atoms. The average Bonchev–Trinajstić information content (AvgIpc) is 3.34. The van der Waals surface area contributed by atoms with Crippen LogP contribution in [0.4, 0.5) is 5.82 Å². The molecule has 0 saturated heterocycles. The summed E-state index contributed by atoms with van der Waals surface area (Å²) >= 11 is 6.25. The lowest BCUT2D eigenvalue weighted by Crippen LogP contribution is -2.09. The van der Waals surface area contributed by atoms with E-state index in [1.165, 1.54) is 16.7 Å². The standard InChI is InChI=1S/C24H20ClN3/c25-19-12-7-13-20(16-19)28-24-21(14-15-26-24)23(27-28)22(17-8-3-1-4-9-17)18-10-5-2-6-11-18/h1-13,16,22,26H,14-15H2. The van der Waals surface area contributed by atoms with Gasteiger partial charge < -0.3 is 5.32 Å². The summed E-state index contributed by atoms with van der Waals surface area (Å²) in [6.07, 6.45) is 0.974. The summed E-state index contributed by atoms with van der Waals surface area (Å²) in [6, 6.07) is 29.1. The lowest BCUT2D eigenvalue weighted by Gasteiger charge is -2.17. The van der Waals surface area contributed by atoms with E-state index in [0.29, 0.717) is 5.02 Å². The van der Waals surface area contributed by atoms with Gasteiger partial charge in [-0.25, -0.2) is 4.68 Å². The van der Waals surface area contributed by atoms with Crippen LogP contribution in [-0.4, -0.2) is 16.3 Å². The minimum atomic E-state index is 0.0940. The molecule has 2 heterocycles. The van der Waals surface area contributed by atoms with Crippen molar-refractivity contribution in [2.75, 3.05) is 11.9 Å². The van der Waals surface area contributed by atoms with Crippen LogP contribution in [0.5, 0.6) is 0 Å². The number of nitrogens with one attached hydrogen (secondary N) is 1. The van der Waals surface area contributed by atoms with Gasteiger partial charge in [0.15, 0.2) is 0 Å². The van der Waals surface area contributed by atoms with Gasteiger partial charge in [-0.3, -0.25) is 0 Å². The van der Waals surface area contributed by atoms with Gasteiger partial charge in [0.05, 0.1) is 17.3 Å². The molecule has 28 heavy (non-hydrogen) atoms. The minimum Gasteiger partial charge on any atom is -0.369 e. The molecule has 3 aromatic carbocycles. The molecule has 1 N–H and O–H groups in total. The highest BCUT2D eigenvalue weighted by atomic mass is 35.5. The molecule has 0 radical (unpaired) electrons. The maximum atomic E-state index is 6.25. The first-order valence-electron chi connectivity index (χ1n) is 9.53. The number of benzene rings is 3. The molecule has 138 valence electrons. The van der Waals surface area contributed by atoms with E-state index in [9.17, 15) is 0 Å². The number of hydrogen-bond acceptors (Lipinski definition) is 2. The Labute approximate surface area is 169 Å². The van der Waals surface area contributed by atoms with E-state index in [2.05, 4.69) is 66.0 Å². The van der Waals surface area contributed by atoms with Crippen LogP contribution in [-0.2, 0) is 6.42 Å². The highest BCUT2D eigenvalue weighted by molar-refractivity contribution is 6.30. The monoisotopic (exact) mass is 385 g/mol. The molecule has 0 bridgehead atoms. The lowest BCUT2D eigenvalue weighted by molar-refractivity contribution is 0.802. The summed E-state index contributed by atoms with van der Waals surface area (Å²) in [5.74, 6) is 1.17. The van der Waals surface area contributed by atoms with Crippen LogP contribution in [0.15, 0.2) is 84.9 Å². The Kier molecular flexibility index (Phi) is 4.38. The van der Waals surface area contributed by atoms with E-state index in [1.54, 1.807) is 0 Å². The Balaban J connectivity index is 1.71. The Morgan fingerprint density at radius 2 is 1.54 bits per heavy atom. The zero-order valence-electron chi connectivity index (χ0n) is 15.3. The van der Waals surface area contributed by atoms with E-state index in [-0.39, 0.29) is 5.92 Å². The van der Waals surface area contributed by atoms with Crippen molar-refractivity contribution in [2.45, 2.75) is 12.3 Å². The van der Waals surface area contributed by atoms with Crippen LogP contribution in [0.2, 0.25) is 5.02 Å². The predicted octanol–water partition coefficient (Wildman–Crippen LogP) is 5.67. The fourth-order valence-corrected chi connectivity index (χ4v) is 4.21. The smallest absolute Gasteiger partial charge is 0.133 e. The van der Waals surface area contributed by atoms with E-state index in [0.717, 1.165) is 30.2 Å².